The van der Waals surface area contributed by atoms with Gasteiger partial charge < -0.3 is 19.7 Å². The van der Waals surface area contributed by atoms with Gasteiger partial charge in [0.25, 0.3) is 0 Å². The molecule has 1 aliphatic heterocycles. The summed E-state index contributed by atoms with van der Waals surface area (Å²) in [7, 11) is 1.90. The number of anilines is 2. The van der Waals surface area contributed by atoms with Crippen molar-refractivity contribution in [1.29, 1.82) is 0 Å². The standard InChI is InChI=1S/C26H33N5O/c1-29(26(32)20-27-14-6-17-30-19-15-28-21-30)16-7-18-31-24-10-4-2-8-22(24)12-13-23-9-3-5-11-25(23)31/h2-5,8-11,15,19,21,27H,6-7,12-14,16-18,20H2,1H3. The van der Waals surface area contributed by atoms with E-state index in [2.05, 4.69) is 68.3 Å². The van der Waals surface area contributed by atoms with Gasteiger partial charge in [-0.1, -0.05) is 36.4 Å². The first-order chi connectivity index (χ1) is 15.7. The summed E-state index contributed by atoms with van der Waals surface area (Å²) in [5.41, 5.74) is 5.39. The summed E-state index contributed by atoms with van der Waals surface area (Å²) in [4.78, 5) is 20.8. The fraction of sp³-hybridized carbons (Fsp3) is 0.385. The van der Waals surface area contributed by atoms with Crippen LogP contribution in [0.15, 0.2) is 67.3 Å². The fourth-order valence-electron chi connectivity index (χ4n) is 4.34. The molecule has 1 N–H and O–H groups in total. The minimum Gasteiger partial charge on any atom is -0.345 e. The Morgan fingerprint density at radius 1 is 1.00 bits per heavy atom. The van der Waals surface area contributed by atoms with Crippen molar-refractivity contribution in [3.05, 3.63) is 78.4 Å². The zero-order valence-corrected chi connectivity index (χ0v) is 18.9. The Balaban J connectivity index is 1.26. The van der Waals surface area contributed by atoms with Crippen LogP contribution in [0.5, 0.6) is 0 Å². The van der Waals surface area contributed by atoms with Crippen molar-refractivity contribution in [3.8, 4) is 0 Å². The van der Waals surface area contributed by atoms with Gasteiger partial charge in [-0.15, -0.1) is 0 Å². The van der Waals surface area contributed by atoms with Crippen LogP contribution in [0.4, 0.5) is 11.4 Å². The molecule has 168 valence electrons. The lowest BCUT2D eigenvalue weighted by molar-refractivity contribution is -0.128. The zero-order valence-electron chi connectivity index (χ0n) is 18.9. The molecule has 6 nitrogen and oxygen atoms in total. The number of amides is 1. The van der Waals surface area contributed by atoms with Gasteiger partial charge in [-0.3, -0.25) is 4.79 Å². The number of hydrogen-bond donors (Lipinski definition) is 1. The van der Waals surface area contributed by atoms with Crippen molar-refractivity contribution >= 4 is 17.3 Å². The Morgan fingerprint density at radius 2 is 1.69 bits per heavy atom. The van der Waals surface area contributed by atoms with Crippen molar-refractivity contribution in [2.24, 2.45) is 0 Å². The molecule has 3 aromatic rings. The summed E-state index contributed by atoms with van der Waals surface area (Å²) in [5, 5.41) is 3.27. The summed E-state index contributed by atoms with van der Waals surface area (Å²) < 4.78 is 2.05. The highest BCUT2D eigenvalue weighted by molar-refractivity contribution is 5.78. The summed E-state index contributed by atoms with van der Waals surface area (Å²) in [5.74, 6) is 0.143. The minimum absolute atomic E-state index is 0.143. The lowest BCUT2D eigenvalue weighted by Crippen LogP contribution is -2.37. The highest BCUT2D eigenvalue weighted by atomic mass is 16.2. The van der Waals surface area contributed by atoms with E-state index in [-0.39, 0.29) is 5.91 Å². The van der Waals surface area contributed by atoms with Crippen LogP contribution in [0.1, 0.15) is 24.0 Å². The molecule has 6 heteroatoms. The second-order valence-electron chi connectivity index (χ2n) is 8.41. The number of carbonyl (C=O) groups excluding carboxylic acids is 1. The molecule has 2 aromatic carbocycles. The lowest BCUT2D eigenvalue weighted by Gasteiger charge is -2.28. The molecule has 0 spiro atoms. The van der Waals surface area contributed by atoms with Crippen LogP contribution in [0.25, 0.3) is 0 Å². The molecule has 2 heterocycles. The van der Waals surface area contributed by atoms with Gasteiger partial charge in [-0.2, -0.15) is 0 Å². The number of aromatic nitrogens is 2. The van der Waals surface area contributed by atoms with Crippen molar-refractivity contribution in [3.63, 3.8) is 0 Å². The van der Waals surface area contributed by atoms with Crippen LogP contribution in [-0.2, 0) is 24.2 Å². The molecule has 0 saturated carbocycles. The minimum atomic E-state index is 0.143. The van der Waals surface area contributed by atoms with E-state index in [1.807, 2.05) is 24.5 Å². The molecule has 0 fully saturated rings. The number of hydrogen-bond acceptors (Lipinski definition) is 4. The Morgan fingerprint density at radius 3 is 2.34 bits per heavy atom. The molecule has 4 rings (SSSR count). The highest BCUT2D eigenvalue weighted by Crippen LogP contribution is 2.35. The van der Waals surface area contributed by atoms with E-state index in [1.54, 1.807) is 6.20 Å². The maximum absolute atomic E-state index is 12.5. The summed E-state index contributed by atoms with van der Waals surface area (Å²) in [6, 6.07) is 17.4. The van der Waals surface area contributed by atoms with Gasteiger partial charge in [0, 0.05) is 50.5 Å². The molecule has 32 heavy (non-hydrogen) atoms. The first kappa shape index (κ1) is 22.1. The van der Waals surface area contributed by atoms with Gasteiger partial charge in [0.1, 0.15) is 0 Å². The molecule has 0 saturated heterocycles. The zero-order chi connectivity index (χ0) is 22.2. The van der Waals surface area contributed by atoms with Gasteiger partial charge in [-0.05, 0) is 55.5 Å². The van der Waals surface area contributed by atoms with Crippen LogP contribution in [0.2, 0.25) is 0 Å². The number of aryl methyl sites for hydroxylation is 3. The topological polar surface area (TPSA) is 53.4 Å². The van der Waals surface area contributed by atoms with Gasteiger partial charge in [0.2, 0.25) is 5.91 Å². The quantitative estimate of drug-likeness (QED) is 0.498. The maximum Gasteiger partial charge on any atom is 0.236 e. The van der Waals surface area contributed by atoms with Gasteiger partial charge in [-0.25, -0.2) is 4.98 Å². The first-order valence-corrected chi connectivity index (χ1v) is 11.6. The second kappa shape index (κ2) is 11.0. The van der Waals surface area contributed by atoms with Gasteiger partial charge in [0.15, 0.2) is 0 Å². The third-order valence-corrected chi connectivity index (χ3v) is 6.13. The van der Waals surface area contributed by atoms with E-state index in [0.717, 1.165) is 51.9 Å². The molecule has 0 unspecified atom stereocenters. The van der Waals surface area contributed by atoms with Crippen LogP contribution >= 0.6 is 0 Å². The third kappa shape index (κ3) is 5.56. The number of para-hydroxylation sites is 2. The number of nitrogens with zero attached hydrogens (tertiary/aromatic N) is 4. The molecule has 1 aliphatic rings. The monoisotopic (exact) mass is 431 g/mol. The molecule has 0 atom stereocenters. The Bertz CT molecular complexity index is 953. The number of likely N-dealkylation sites (N-methyl/N-ethyl adjacent to an activating group) is 1. The summed E-state index contributed by atoms with van der Waals surface area (Å²) in [6.07, 6.45) is 9.59. The van der Waals surface area contributed by atoms with E-state index in [1.165, 1.54) is 22.5 Å². The number of rotatable bonds is 10. The molecular weight excluding hydrogens is 398 g/mol. The molecule has 0 radical (unpaired) electrons. The molecule has 0 bridgehead atoms. The van der Waals surface area contributed by atoms with Crippen molar-refractivity contribution in [2.75, 3.05) is 38.1 Å². The molecule has 0 aliphatic carbocycles. The number of imidazole rings is 1. The largest absolute Gasteiger partial charge is 0.345 e. The van der Waals surface area contributed by atoms with Crippen molar-refractivity contribution < 1.29 is 4.79 Å². The van der Waals surface area contributed by atoms with Crippen LogP contribution in [0.3, 0.4) is 0 Å². The van der Waals surface area contributed by atoms with Gasteiger partial charge >= 0.3 is 0 Å². The smallest absolute Gasteiger partial charge is 0.236 e. The number of nitrogens with one attached hydrogen (secondary N) is 1. The van der Waals surface area contributed by atoms with Crippen molar-refractivity contribution in [2.45, 2.75) is 32.2 Å². The maximum atomic E-state index is 12.5. The third-order valence-electron chi connectivity index (χ3n) is 6.13. The predicted octanol–water partition coefficient (Wildman–Crippen LogP) is 3.65. The average Bonchev–Trinajstić information content (AvgIpc) is 3.29. The van der Waals surface area contributed by atoms with E-state index < -0.39 is 0 Å². The Labute approximate surface area is 190 Å². The second-order valence-corrected chi connectivity index (χ2v) is 8.41. The lowest BCUT2D eigenvalue weighted by atomic mass is 10.0. The average molecular weight is 432 g/mol. The van der Waals surface area contributed by atoms with E-state index in [9.17, 15) is 4.79 Å². The van der Waals surface area contributed by atoms with E-state index >= 15 is 0 Å². The molecule has 1 amide bonds. The summed E-state index contributed by atoms with van der Waals surface area (Å²) >= 11 is 0. The van der Waals surface area contributed by atoms with Crippen molar-refractivity contribution in [1.82, 2.24) is 19.8 Å². The SMILES string of the molecule is CN(CCCN1c2ccccc2CCc2ccccc21)C(=O)CNCCCn1ccnc1. The number of carbonyl (C=O) groups is 1. The van der Waals surface area contributed by atoms with Crippen LogP contribution in [-0.4, -0.2) is 53.6 Å². The highest BCUT2D eigenvalue weighted by Gasteiger charge is 2.20. The van der Waals surface area contributed by atoms with Crippen LogP contribution < -0.4 is 10.2 Å². The molecular formula is C26H33N5O. The first-order valence-electron chi connectivity index (χ1n) is 11.6. The van der Waals surface area contributed by atoms with Crippen LogP contribution in [0, 0.1) is 0 Å². The Kier molecular flexibility index (Phi) is 7.56. The predicted molar refractivity (Wildman–Crippen MR) is 129 cm³/mol. The van der Waals surface area contributed by atoms with Gasteiger partial charge in [0.05, 0.1) is 12.9 Å². The Hall–Kier alpha value is -3.12. The normalized spacial score (nSPS) is 12.7. The van der Waals surface area contributed by atoms with E-state index in [0.29, 0.717) is 6.54 Å². The number of benzene rings is 2. The number of fused-ring (bicyclic) bond motifs is 2. The summed E-state index contributed by atoms with van der Waals surface area (Å²) in [6.45, 7) is 3.76. The fourth-order valence-corrected chi connectivity index (χ4v) is 4.34. The molecule has 1 aromatic heterocycles. The van der Waals surface area contributed by atoms with E-state index in [4.69, 9.17) is 0 Å².